The van der Waals surface area contributed by atoms with E-state index >= 15 is 0 Å². The summed E-state index contributed by atoms with van der Waals surface area (Å²) >= 11 is 3.11. The van der Waals surface area contributed by atoms with Crippen molar-refractivity contribution in [1.29, 1.82) is 0 Å². The lowest BCUT2D eigenvalue weighted by Gasteiger charge is -2.25. The maximum Gasteiger partial charge on any atom is 0.334 e. The predicted octanol–water partition coefficient (Wildman–Crippen LogP) is 4.41. The summed E-state index contributed by atoms with van der Waals surface area (Å²) in [5, 5.41) is 9.80. The number of halogens is 2. The van der Waals surface area contributed by atoms with Gasteiger partial charge in [-0.15, -0.1) is 0 Å². The van der Waals surface area contributed by atoms with E-state index in [0.717, 1.165) is 25.7 Å². The third kappa shape index (κ3) is 5.64. The van der Waals surface area contributed by atoms with Crippen LogP contribution >= 0.6 is 15.9 Å². The van der Waals surface area contributed by atoms with Crippen molar-refractivity contribution in [3.05, 3.63) is 39.6 Å². The topological polar surface area (TPSA) is 72.8 Å². The van der Waals surface area contributed by atoms with Crippen LogP contribution in [0.2, 0.25) is 0 Å². The Hall–Kier alpha value is -1.73. The van der Waals surface area contributed by atoms with Gasteiger partial charge in [0.1, 0.15) is 12.4 Å². The van der Waals surface area contributed by atoms with E-state index < -0.39 is 24.0 Å². The van der Waals surface area contributed by atoms with Gasteiger partial charge in [-0.1, -0.05) is 32.8 Å². The van der Waals surface area contributed by atoms with E-state index in [4.69, 9.17) is 9.47 Å². The lowest BCUT2D eigenvalue weighted by Crippen LogP contribution is -2.40. The Morgan fingerprint density at radius 2 is 2.07 bits per heavy atom. The van der Waals surface area contributed by atoms with Crippen LogP contribution in [0.4, 0.5) is 4.39 Å². The first-order valence-electron chi connectivity index (χ1n) is 9.50. The maximum absolute atomic E-state index is 13.4. The monoisotopic (exact) mass is 456 g/mol. The van der Waals surface area contributed by atoms with Gasteiger partial charge in [0.15, 0.2) is 5.60 Å². The van der Waals surface area contributed by atoms with Crippen LogP contribution in [0.25, 0.3) is 6.08 Å². The fourth-order valence-corrected chi connectivity index (χ4v) is 3.64. The normalized spacial score (nSPS) is 20.6. The molecule has 5 nitrogen and oxygen atoms in total. The summed E-state index contributed by atoms with van der Waals surface area (Å²) in [6.07, 6.45) is 4.92. The van der Waals surface area contributed by atoms with Gasteiger partial charge < -0.3 is 14.6 Å². The van der Waals surface area contributed by atoms with Gasteiger partial charge >= 0.3 is 11.9 Å². The lowest BCUT2D eigenvalue weighted by molar-refractivity contribution is -0.169. The number of benzene rings is 1. The molecule has 0 bridgehead atoms. The van der Waals surface area contributed by atoms with E-state index in [0.29, 0.717) is 11.1 Å². The van der Waals surface area contributed by atoms with E-state index in [9.17, 15) is 19.1 Å². The molecule has 1 aromatic rings. The zero-order valence-electron chi connectivity index (χ0n) is 16.2. The third-order valence-corrected chi connectivity index (χ3v) is 5.35. The average molecular weight is 457 g/mol. The summed E-state index contributed by atoms with van der Waals surface area (Å²) in [7, 11) is 0. The van der Waals surface area contributed by atoms with Crippen molar-refractivity contribution in [3.8, 4) is 0 Å². The second-order valence-electron chi connectivity index (χ2n) is 7.13. The van der Waals surface area contributed by atoms with Crippen LogP contribution in [0.15, 0.2) is 28.2 Å². The third-order valence-electron chi connectivity index (χ3n) is 4.74. The Balaban J connectivity index is 2.09. The van der Waals surface area contributed by atoms with Crippen molar-refractivity contribution < 1.29 is 28.6 Å². The molecule has 1 fully saturated rings. The molecule has 1 atom stereocenters. The quantitative estimate of drug-likeness (QED) is 0.440. The molecule has 1 aliphatic rings. The summed E-state index contributed by atoms with van der Waals surface area (Å²) < 4.78 is 24.4. The van der Waals surface area contributed by atoms with E-state index in [2.05, 4.69) is 15.9 Å². The Morgan fingerprint density at radius 3 is 2.64 bits per heavy atom. The molecule has 1 aliphatic heterocycles. The van der Waals surface area contributed by atoms with Crippen molar-refractivity contribution in [2.75, 3.05) is 13.2 Å². The molecular formula is C21H26BrFO5. The number of esters is 2. The molecule has 1 heterocycles. The number of hydrogen-bond acceptors (Lipinski definition) is 5. The molecule has 1 aromatic carbocycles. The smallest absolute Gasteiger partial charge is 0.334 e. The molecule has 28 heavy (non-hydrogen) atoms. The fraction of sp³-hybridized carbons (Fsp3) is 0.524. The zero-order valence-corrected chi connectivity index (χ0v) is 17.8. The molecule has 1 N–H and O–H groups in total. The molecule has 0 aromatic heterocycles. The standard InChI is InChI=1S/C21H26BrFO5/c1-3-5-15(6-4-2)19(25)27-13-21(12-24)11-16(20(26)28-21)9-14-7-8-18(23)17(22)10-14/h7-10,15,24H,3-6,11-13H2,1-2H3/b16-9+. The molecule has 0 amide bonds. The summed E-state index contributed by atoms with van der Waals surface area (Å²) in [5.41, 5.74) is -0.321. The Morgan fingerprint density at radius 1 is 1.39 bits per heavy atom. The zero-order chi connectivity index (χ0) is 20.7. The number of cyclic esters (lactones) is 1. The SMILES string of the molecule is CCCC(CCC)C(=O)OCC1(CO)C/C(=C\c2ccc(F)c(Br)c2)C(=O)O1. The first-order valence-corrected chi connectivity index (χ1v) is 10.3. The fourth-order valence-electron chi connectivity index (χ4n) is 3.24. The highest BCUT2D eigenvalue weighted by Crippen LogP contribution is 2.33. The van der Waals surface area contributed by atoms with Gasteiger partial charge in [-0.05, 0) is 52.5 Å². The Bertz CT molecular complexity index is 742. The van der Waals surface area contributed by atoms with Crippen LogP contribution in [0, 0.1) is 11.7 Å². The van der Waals surface area contributed by atoms with E-state index in [1.54, 1.807) is 18.2 Å². The molecule has 1 saturated heterocycles. The van der Waals surface area contributed by atoms with Gasteiger partial charge in [0.05, 0.1) is 17.0 Å². The Kier molecular flexibility index (Phi) is 8.19. The maximum atomic E-state index is 13.4. The second kappa shape index (κ2) is 10.2. The van der Waals surface area contributed by atoms with Gasteiger partial charge in [-0.2, -0.15) is 0 Å². The van der Waals surface area contributed by atoms with Gasteiger partial charge in [0.2, 0.25) is 0 Å². The van der Waals surface area contributed by atoms with Gasteiger partial charge in [0, 0.05) is 12.0 Å². The van der Waals surface area contributed by atoms with E-state index in [1.807, 2.05) is 13.8 Å². The number of hydrogen-bond donors (Lipinski definition) is 1. The summed E-state index contributed by atoms with van der Waals surface area (Å²) in [6.45, 7) is 3.37. The number of aliphatic hydroxyl groups excluding tert-OH is 1. The lowest BCUT2D eigenvalue weighted by atomic mass is 9.97. The number of rotatable bonds is 9. The number of ether oxygens (including phenoxy) is 2. The van der Waals surface area contributed by atoms with Crippen LogP contribution in [-0.2, 0) is 19.1 Å². The van der Waals surface area contributed by atoms with Crippen LogP contribution in [-0.4, -0.2) is 35.9 Å². The summed E-state index contributed by atoms with van der Waals surface area (Å²) in [5.74, 6) is -1.49. The number of aliphatic hydroxyl groups is 1. The molecule has 1 unspecified atom stereocenters. The molecule has 0 radical (unpaired) electrons. The van der Waals surface area contributed by atoms with Crippen LogP contribution in [0.5, 0.6) is 0 Å². The van der Waals surface area contributed by atoms with Crippen molar-refractivity contribution in [2.45, 2.75) is 51.6 Å². The number of carbonyl (C=O) groups is 2. The van der Waals surface area contributed by atoms with Gasteiger partial charge in [-0.3, -0.25) is 4.79 Å². The second-order valence-corrected chi connectivity index (χ2v) is 7.99. The van der Waals surface area contributed by atoms with Crippen LogP contribution < -0.4 is 0 Å². The molecule has 2 rings (SSSR count). The number of carbonyl (C=O) groups excluding carboxylic acids is 2. The average Bonchev–Trinajstić information content (AvgIpc) is 2.99. The molecule has 0 spiro atoms. The van der Waals surface area contributed by atoms with Crippen molar-refractivity contribution >= 4 is 33.9 Å². The molecule has 154 valence electrons. The highest BCUT2D eigenvalue weighted by atomic mass is 79.9. The van der Waals surface area contributed by atoms with E-state index in [1.165, 1.54) is 6.07 Å². The minimum Gasteiger partial charge on any atom is -0.461 e. The van der Waals surface area contributed by atoms with Gasteiger partial charge in [-0.25, -0.2) is 9.18 Å². The largest absolute Gasteiger partial charge is 0.461 e. The van der Waals surface area contributed by atoms with E-state index in [-0.39, 0.29) is 29.4 Å². The highest BCUT2D eigenvalue weighted by molar-refractivity contribution is 9.10. The van der Waals surface area contributed by atoms with Crippen molar-refractivity contribution in [2.24, 2.45) is 5.92 Å². The van der Waals surface area contributed by atoms with Crippen molar-refractivity contribution in [3.63, 3.8) is 0 Å². The Labute approximate surface area is 173 Å². The van der Waals surface area contributed by atoms with Crippen LogP contribution in [0.1, 0.15) is 51.5 Å². The first kappa shape index (κ1) is 22.6. The molecule has 7 heteroatoms. The minimum atomic E-state index is -1.28. The molecular weight excluding hydrogens is 431 g/mol. The summed E-state index contributed by atoms with van der Waals surface area (Å²) in [4.78, 5) is 24.6. The first-order chi connectivity index (χ1) is 13.3. The predicted molar refractivity (Wildman–Crippen MR) is 107 cm³/mol. The minimum absolute atomic E-state index is 0.108. The molecule has 0 aliphatic carbocycles. The summed E-state index contributed by atoms with van der Waals surface area (Å²) in [6, 6.07) is 4.38. The van der Waals surface area contributed by atoms with Gasteiger partial charge in [0.25, 0.3) is 0 Å². The van der Waals surface area contributed by atoms with Crippen molar-refractivity contribution in [1.82, 2.24) is 0 Å². The van der Waals surface area contributed by atoms with Crippen LogP contribution in [0.3, 0.4) is 0 Å². The molecule has 0 saturated carbocycles. The highest BCUT2D eigenvalue weighted by Gasteiger charge is 2.44.